The lowest BCUT2D eigenvalue weighted by Crippen LogP contribution is -2.35. The molecule has 0 aliphatic rings. The highest BCUT2D eigenvalue weighted by Gasteiger charge is 2.23. The van der Waals surface area contributed by atoms with Gasteiger partial charge < -0.3 is 10.6 Å². The molecule has 0 aliphatic heterocycles. The molecule has 98 valence electrons. The predicted octanol–water partition coefficient (Wildman–Crippen LogP) is 1.42. The molecule has 1 atom stereocenters. The van der Waals surface area contributed by atoms with Crippen LogP contribution in [0, 0.1) is 21.7 Å². The van der Waals surface area contributed by atoms with E-state index in [0.29, 0.717) is 12.1 Å². The van der Waals surface area contributed by atoms with Crippen molar-refractivity contribution in [2.45, 2.75) is 13.0 Å². The van der Waals surface area contributed by atoms with Crippen molar-refractivity contribution in [1.82, 2.24) is 5.32 Å². The molecule has 1 unspecified atom stereocenters. The minimum atomic E-state index is -1.20. The first kappa shape index (κ1) is 14.0. The number of nitrogens with zero attached hydrogens (tertiary/aromatic N) is 1. The largest absolute Gasteiger partial charge is 0.317 e. The normalized spacial score (nSPS) is 12.0. The number of likely N-dealkylation sites (N-methyl/N-ethyl adjacent to an activating group) is 1. The van der Waals surface area contributed by atoms with Crippen molar-refractivity contribution in [2.24, 2.45) is 0 Å². The second-order valence-electron chi connectivity index (χ2n) is 3.54. The number of hydrogen-bond acceptors (Lipinski definition) is 4. The number of carbonyl (C=O) groups excluding carboxylic acids is 1. The van der Waals surface area contributed by atoms with Crippen molar-refractivity contribution in [2.75, 3.05) is 12.4 Å². The van der Waals surface area contributed by atoms with E-state index in [1.54, 1.807) is 0 Å². The molecule has 2 N–H and O–H groups in total. The van der Waals surface area contributed by atoms with E-state index in [2.05, 4.69) is 10.6 Å². The monoisotopic (exact) mass is 259 g/mol. The van der Waals surface area contributed by atoms with E-state index in [-0.39, 0.29) is 0 Å². The van der Waals surface area contributed by atoms with Crippen LogP contribution in [0.1, 0.15) is 6.92 Å². The van der Waals surface area contributed by atoms with Crippen LogP contribution in [0.25, 0.3) is 0 Å². The Morgan fingerprint density at radius 2 is 2.06 bits per heavy atom. The summed E-state index contributed by atoms with van der Waals surface area (Å²) < 4.78 is 26.3. The van der Waals surface area contributed by atoms with Crippen molar-refractivity contribution in [3.63, 3.8) is 0 Å². The van der Waals surface area contributed by atoms with Gasteiger partial charge in [0.2, 0.25) is 5.91 Å². The number of benzene rings is 1. The predicted molar refractivity (Wildman–Crippen MR) is 60.2 cm³/mol. The summed E-state index contributed by atoms with van der Waals surface area (Å²) in [5.74, 6) is -2.94. The van der Waals surface area contributed by atoms with E-state index < -0.39 is 39.9 Å². The lowest BCUT2D eigenvalue weighted by atomic mass is 10.2. The van der Waals surface area contributed by atoms with Crippen LogP contribution in [0.4, 0.5) is 20.2 Å². The van der Waals surface area contributed by atoms with Gasteiger partial charge in [0.15, 0.2) is 11.5 Å². The van der Waals surface area contributed by atoms with Crippen LogP contribution in [0.2, 0.25) is 0 Å². The molecule has 0 bridgehead atoms. The third kappa shape index (κ3) is 2.98. The number of hydrogen-bond donors (Lipinski definition) is 2. The van der Waals surface area contributed by atoms with Gasteiger partial charge in [-0.1, -0.05) is 0 Å². The van der Waals surface area contributed by atoms with E-state index >= 15 is 0 Å². The minimum absolute atomic E-state index is 0.465. The summed E-state index contributed by atoms with van der Waals surface area (Å²) in [6.07, 6.45) is 0. The first-order chi connectivity index (χ1) is 8.36. The van der Waals surface area contributed by atoms with Gasteiger partial charge in [0.1, 0.15) is 5.82 Å². The zero-order chi connectivity index (χ0) is 13.9. The van der Waals surface area contributed by atoms with Gasteiger partial charge in [-0.25, -0.2) is 8.78 Å². The molecule has 0 saturated heterocycles. The second kappa shape index (κ2) is 5.50. The average Bonchev–Trinajstić information content (AvgIpc) is 2.30. The van der Waals surface area contributed by atoms with E-state index in [1.165, 1.54) is 14.0 Å². The van der Waals surface area contributed by atoms with E-state index in [1.807, 2.05) is 0 Å². The number of rotatable bonds is 4. The van der Waals surface area contributed by atoms with E-state index in [4.69, 9.17) is 0 Å². The number of anilines is 1. The Kier molecular flexibility index (Phi) is 4.27. The zero-order valence-electron chi connectivity index (χ0n) is 9.66. The van der Waals surface area contributed by atoms with Gasteiger partial charge in [-0.3, -0.25) is 14.9 Å². The molecule has 0 fully saturated rings. The Labute approximate surface area is 101 Å². The molecule has 1 aromatic rings. The van der Waals surface area contributed by atoms with Gasteiger partial charge in [-0.15, -0.1) is 0 Å². The quantitative estimate of drug-likeness (QED) is 0.632. The van der Waals surface area contributed by atoms with Gasteiger partial charge in [-0.05, 0) is 14.0 Å². The van der Waals surface area contributed by atoms with Crippen molar-refractivity contribution >= 4 is 17.3 Å². The highest BCUT2D eigenvalue weighted by atomic mass is 19.1. The summed E-state index contributed by atoms with van der Waals surface area (Å²) in [6.45, 7) is 1.49. The van der Waals surface area contributed by atoms with Crippen LogP contribution in [0.5, 0.6) is 0 Å². The highest BCUT2D eigenvalue weighted by molar-refractivity contribution is 5.96. The summed E-state index contributed by atoms with van der Waals surface area (Å²) in [6, 6.07) is 0.337. The molecule has 0 aliphatic carbocycles. The molecule has 1 aromatic carbocycles. The lowest BCUT2D eigenvalue weighted by Gasteiger charge is -2.11. The number of carbonyl (C=O) groups is 1. The van der Waals surface area contributed by atoms with E-state index in [9.17, 15) is 23.7 Å². The summed E-state index contributed by atoms with van der Waals surface area (Å²) in [5.41, 5.74) is -1.47. The third-order valence-corrected chi connectivity index (χ3v) is 2.31. The maximum absolute atomic E-state index is 13.4. The standard InChI is InChI=1S/C10H11F2N3O3/c1-5(13-2)10(16)14-9-7(12)3-6(11)4-8(9)15(17)18/h3-5,13H,1-2H3,(H,14,16). The van der Waals surface area contributed by atoms with Gasteiger partial charge in [0, 0.05) is 6.07 Å². The molecular weight excluding hydrogens is 248 g/mol. The Balaban J connectivity index is 3.15. The Morgan fingerprint density at radius 3 is 2.56 bits per heavy atom. The number of nitro groups is 1. The van der Waals surface area contributed by atoms with Crippen LogP contribution >= 0.6 is 0 Å². The van der Waals surface area contributed by atoms with Crippen molar-refractivity contribution in [3.8, 4) is 0 Å². The zero-order valence-corrected chi connectivity index (χ0v) is 9.66. The van der Waals surface area contributed by atoms with E-state index in [0.717, 1.165) is 0 Å². The SMILES string of the molecule is CNC(C)C(=O)Nc1c(F)cc(F)cc1[N+](=O)[O-]. The van der Waals surface area contributed by atoms with Crippen LogP contribution in [0.15, 0.2) is 12.1 Å². The summed E-state index contributed by atoms with van der Waals surface area (Å²) in [5, 5.41) is 15.3. The molecule has 0 aromatic heterocycles. The van der Waals surface area contributed by atoms with Crippen molar-refractivity contribution < 1.29 is 18.5 Å². The molecule has 0 spiro atoms. The molecular formula is C10H11F2N3O3. The first-order valence-electron chi connectivity index (χ1n) is 4.98. The topological polar surface area (TPSA) is 84.3 Å². The third-order valence-electron chi connectivity index (χ3n) is 2.31. The molecule has 0 heterocycles. The molecule has 1 rings (SSSR count). The Bertz CT molecular complexity index is 494. The molecule has 1 amide bonds. The van der Waals surface area contributed by atoms with Gasteiger partial charge in [0.05, 0.1) is 17.0 Å². The molecule has 18 heavy (non-hydrogen) atoms. The van der Waals surface area contributed by atoms with Crippen LogP contribution in [-0.2, 0) is 4.79 Å². The molecule has 6 nitrogen and oxygen atoms in total. The highest BCUT2D eigenvalue weighted by Crippen LogP contribution is 2.28. The molecule has 0 saturated carbocycles. The number of nitrogens with one attached hydrogen (secondary N) is 2. The lowest BCUT2D eigenvalue weighted by molar-refractivity contribution is -0.384. The van der Waals surface area contributed by atoms with Crippen molar-refractivity contribution in [1.29, 1.82) is 0 Å². The number of amides is 1. The number of nitro benzene ring substituents is 1. The maximum atomic E-state index is 13.4. The van der Waals surface area contributed by atoms with Crippen LogP contribution < -0.4 is 10.6 Å². The maximum Gasteiger partial charge on any atom is 0.298 e. The molecule has 0 radical (unpaired) electrons. The first-order valence-corrected chi connectivity index (χ1v) is 4.98. The Morgan fingerprint density at radius 1 is 1.44 bits per heavy atom. The smallest absolute Gasteiger partial charge is 0.298 e. The fourth-order valence-corrected chi connectivity index (χ4v) is 1.19. The number of halogens is 2. The van der Waals surface area contributed by atoms with Crippen LogP contribution in [-0.4, -0.2) is 23.9 Å². The Hall–Kier alpha value is -2.09. The fraction of sp³-hybridized carbons (Fsp3) is 0.300. The summed E-state index contributed by atoms with van der Waals surface area (Å²) in [4.78, 5) is 21.2. The summed E-state index contributed by atoms with van der Waals surface area (Å²) >= 11 is 0. The summed E-state index contributed by atoms with van der Waals surface area (Å²) in [7, 11) is 1.50. The fourth-order valence-electron chi connectivity index (χ4n) is 1.19. The molecule has 8 heteroatoms. The van der Waals surface area contributed by atoms with Gasteiger partial charge in [-0.2, -0.15) is 0 Å². The van der Waals surface area contributed by atoms with Gasteiger partial charge >= 0.3 is 0 Å². The van der Waals surface area contributed by atoms with Gasteiger partial charge in [0.25, 0.3) is 5.69 Å². The average molecular weight is 259 g/mol. The minimum Gasteiger partial charge on any atom is -0.317 e. The van der Waals surface area contributed by atoms with Crippen LogP contribution in [0.3, 0.4) is 0 Å². The second-order valence-corrected chi connectivity index (χ2v) is 3.54. The van der Waals surface area contributed by atoms with Crippen molar-refractivity contribution in [3.05, 3.63) is 33.9 Å².